The predicted octanol–water partition coefficient (Wildman–Crippen LogP) is 15.4. The molecule has 344 valence electrons. The number of carbonyl (C=O) groups is 2. The average Bonchev–Trinajstić information content (AvgIpc) is 3.19. The molecule has 0 aliphatic rings. The van der Waals surface area contributed by atoms with Crippen LogP contribution >= 0.6 is 0 Å². The fourth-order valence-electron chi connectivity index (χ4n) is 7.92. The molecule has 0 aliphatic carbocycles. The van der Waals surface area contributed by atoms with Crippen molar-refractivity contribution in [2.75, 3.05) is 0 Å². The molecule has 1 unspecified atom stereocenters. The minimum Gasteiger partial charge on any atom is -0.870 e. The quantitative estimate of drug-likeness (QED) is 0.0374. The fourth-order valence-corrected chi connectivity index (χ4v) is 7.92. The normalized spacial score (nSPS) is 11.3. The van der Waals surface area contributed by atoms with Crippen LogP contribution in [0.25, 0.3) is 0 Å². The second kappa shape index (κ2) is 59.6. The Morgan fingerprint density at radius 1 is 0.345 bits per heavy atom. The third-order valence-corrected chi connectivity index (χ3v) is 11.8. The van der Waals surface area contributed by atoms with Crippen LogP contribution in [0.5, 0.6) is 0 Å². The van der Waals surface area contributed by atoms with Gasteiger partial charge in [0, 0.05) is 12.8 Å². The number of rotatable bonds is 46. The number of carbonyl (C=O) groups excluding carboxylic acids is 1. The van der Waals surface area contributed by atoms with Gasteiger partial charge in [0.15, 0.2) is 0 Å². The molecule has 5 nitrogen and oxygen atoms in total. The molecule has 0 radical (unpaired) electrons. The molecule has 0 spiro atoms. The van der Waals surface area contributed by atoms with E-state index in [0.717, 1.165) is 32.1 Å². The van der Waals surface area contributed by atoms with Gasteiger partial charge in [-0.2, -0.15) is 0 Å². The summed E-state index contributed by atoms with van der Waals surface area (Å²) in [7, 11) is 0. The summed E-state index contributed by atoms with van der Waals surface area (Å²) < 4.78 is 6.00. The Balaban J connectivity index is -0.000000565. The molecule has 0 saturated carbocycles. The molecule has 0 aromatic carbocycles. The molecule has 0 aromatic heterocycles. The van der Waals surface area contributed by atoms with Crippen molar-refractivity contribution in [1.82, 2.24) is 0 Å². The van der Waals surface area contributed by atoms with Crippen LogP contribution in [0.2, 0.25) is 0 Å². The van der Waals surface area contributed by atoms with E-state index in [0.29, 0.717) is 12.8 Å². The van der Waals surface area contributed by atoms with Crippen molar-refractivity contribution < 1.29 is 76.3 Å². The molecule has 0 amide bonds. The largest absolute Gasteiger partial charge is 1.00 e. The molecule has 0 aliphatic heterocycles. The first-order chi connectivity index (χ1) is 27.5. The zero-order valence-electron chi connectivity index (χ0n) is 40.5. The minimum atomic E-state index is -0.653. The number of ether oxygens (including phenoxy) is 1. The van der Waals surface area contributed by atoms with Crippen molar-refractivity contribution in [3.8, 4) is 0 Å². The van der Waals surface area contributed by atoms with Gasteiger partial charge in [0.1, 0.15) is 6.10 Å². The zero-order valence-corrected chi connectivity index (χ0v) is 43.6. The number of unbranched alkanes of at least 4 members (excludes halogenated alkanes) is 37. The Hall–Kier alpha value is 0.536. The standard InChI is InChI=1S/C34H68O2.C18H36O2.K.H2O/c1-4-7-10-13-16-18-19-21-23-26-29-32-34(35)36-33(30-27-24-15-12-9-6-3)31-28-25-22-20-17-14-11-8-5-2;1-2-3-4-5-6-7-8-9-10-11-12-13-14-15-16-17-18(19)20;;/h33H,4-32H2,1-3H3;2-17H2,1H3,(H,19,20);;1H2/q;;+1;/p-1. The summed E-state index contributed by atoms with van der Waals surface area (Å²) in [5.41, 5.74) is 0. The van der Waals surface area contributed by atoms with Gasteiger partial charge >= 0.3 is 63.3 Å². The molecular weight excluding hydrogens is 744 g/mol. The second-order valence-electron chi connectivity index (χ2n) is 17.7. The summed E-state index contributed by atoms with van der Waals surface area (Å²) in [6.45, 7) is 9.11. The van der Waals surface area contributed by atoms with E-state index in [2.05, 4.69) is 27.7 Å². The van der Waals surface area contributed by atoms with E-state index in [9.17, 15) is 9.59 Å². The Bertz CT molecular complexity index is 747. The van der Waals surface area contributed by atoms with Gasteiger partial charge < -0.3 is 15.3 Å². The molecule has 0 bridgehead atoms. The smallest absolute Gasteiger partial charge is 0.870 e. The minimum absolute atomic E-state index is 0. The van der Waals surface area contributed by atoms with Crippen molar-refractivity contribution in [3.05, 3.63) is 0 Å². The van der Waals surface area contributed by atoms with Crippen LogP contribution in [0.4, 0.5) is 0 Å². The van der Waals surface area contributed by atoms with Gasteiger partial charge in [-0.05, 0) is 38.5 Å². The summed E-state index contributed by atoms with van der Waals surface area (Å²) in [5, 5.41) is 8.52. The molecular formula is C52H105KO5. The molecule has 0 rings (SSSR count). The van der Waals surface area contributed by atoms with Gasteiger partial charge in [-0.15, -0.1) is 0 Å². The van der Waals surface area contributed by atoms with Crippen LogP contribution < -0.4 is 51.4 Å². The van der Waals surface area contributed by atoms with Gasteiger partial charge in [0.05, 0.1) is 0 Å². The first-order valence-corrected chi connectivity index (χ1v) is 25.9. The average molecular weight is 850 g/mol. The molecule has 0 aromatic rings. The summed E-state index contributed by atoms with van der Waals surface area (Å²) in [5.74, 6) is -0.586. The Kier molecular flexibility index (Phi) is 67.0. The zero-order chi connectivity index (χ0) is 41.3. The first kappa shape index (κ1) is 65.2. The van der Waals surface area contributed by atoms with Crippen LogP contribution in [0.15, 0.2) is 0 Å². The number of hydrogen-bond donors (Lipinski definition) is 1. The van der Waals surface area contributed by atoms with E-state index < -0.39 is 5.97 Å². The van der Waals surface area contributed by atoms with Gasteiger partial charge in [0.2, 0.25) is 0 Å². The fraction of sp³-hybridized carbons (Fsp3) is 0.962. The van der Waals surface area contributed by atoms with E-state index in [1.54, 1.807) is 0 Å². The van der Waals surface area contributed by atoms with Crippen LogP contribution in [-0.2, 0) is 14.3 Å². The van der Waals surface area contributed by atoms with Gasteiger partial charge in [-0.1, -0.05) is 265 Å². The van der Waals surface area contributed by atoms with Gasteiger partial charge in [-0.3, -0.25) is 9.59 Å². The maximum Gasteiger partial charge on any atom is 1.00 e. The maximum absolute atomic E-state index is 12.5. The summed E-state index contributed by atoms with van der Waals surface area (Å²) >= 11 is 0. The number of esters is 1. The summed E-state index contributed by atoms with van der Waals surface area (Å²) in [6, 6.07) is 0. The number of carboxylic acid groups (broad SMARTS) is 1. The predicted molar refractivity (Wildman–Crippen MR) is 250 cm³/mol. The molecule has 58 heavy (non-hydrogen) atoms. The third kappa shape index (κ3) is 60.8. The van der Waals surface area contributed by atoms with Crippen molar-refractivity contribution in [2.45, 2.75) is 323 Å². The summed E-state index contributed by atoms with van der Waals surface area (Å²) in [6.07, 6.45) is 57.8. The molecule has 0 heterocycles. The van der Waals surface area contributed by atoms with Crippen molar-refractivity contribution in [3.63, 3.8) is 0 Å². The monoisotopic (exact) mass is 849 g/mol. The van der Waals surface area contributed by atoms with Gasteiger partial charge in [-0.25, -0.2) is 0 Å². The summed E-state index contributed by atoms with van der Waals surface area (Å²) in [4.78, 5) is 22.9. The van der Waals surface area contributed by atoms with E-state index >= 15 is 0 Å². The Labute approximate surface area is 407 Å². The van der Waals surface area contributed by atoms with Crippen molar-refractivity contribution in [1.29, 1.82) is 0 Å². The Morgan fingerprint density at radius 2 is 0.552 bits per heavy atom. The van der Waals surface area contributed by atoms with Crippen LogP contribution in [0, 0.1) is 0 Å². The van der Waals surface area contributed by atoms with E-state index in [-0.39, 0.29) is 68.9 Å². The molecule has 0 saturated heterocycles. The first-order valence-electron chi connectivity index (χ1n) is 25.9. The molecule has 1 atom stereocenters. The van der Waals surface area contributed by atoms with Crippen LogP contribution in [0.1, 0.15) is 317 Å². The number of aliphatic carboxylic acids is 1. The van der Waals surface area contributed by atoms with Crippen molar-refractivity contribution in [2.24, 2.45) is 0 Å². The SMILES string of the molecule is CCCCCCCCCCCCCC(=O)OC(CCCCCCCC)CCCCCCCCCCC.CCCCCCCCCCCCCCCCCC(=O)O.[K+].[OH-]. The van der Waals surface area contributed by atoms with E-state index in [1.807, 2.05) is 0 Å². The van der Waals surface area contributed by atoms with Crippen LogP contribution in [0.3, 0.4) is 0 Å². The maximum atomic E-state index is 12.5. The van der Waals surface area contributed by atoms with E-state index in [1.165, 1.54) is 244 Å². The molecule has 0 fully saturated rings. The van der Waals surface area contributed by atoms with Crippen molar-refractivity contribution >= 4 is 11.9 Å². The third-order valence-electron chi connectivity index (χ3n) is 11.8. The number of hydrogen-bond acceptors (Lipinski definition) is 4. The van der Waals surface area contributed by atoms with Gasteiger partial charge in [0.25, 0.3) is 0 Å². The Morgan fingerprint density at radius 3 is 0.793 bits per heavy atom. The molecule has 6 heteroatoms. The molecule has 2 N–H and O–H groups in total. The second-order valence-corrected chi connectivity index (χ2v) is 17.7. The number of carboxylic acids is 1. The van der Waals surface area contributed by atoms with Crippen LogP contribution in [-0.4, -0.2) is 28.6 Å². The van der Waals surface area contributed by atoms with E-state index in [4.69, 9.17) is 9.84 Å². The topological polar surface area (TPSA) is 93.6 Å².